The molecule has 0 atom stereocenters. The van der Waals surface area contributed by atoms with Gasteiger partial charge in [-0.25, -0.2) is 14.6 Å². The van der Waals surface area contributed by atoms with E-state index in [0.717, 1.165) is 25.7 Å². The SMILES string of the molecule is O=C(Nc1cc(-n2cccn2)nc(-c2ccco2)n1)C1CCCCC1. The number of nitrogens with zero attached hydrogens (tertiary/aromatic N) is 4. The first kappa shape index (κ1) is 15.6. The van der Waals surface area contributed by atoms with Crippen molar-refractivity contribution in [3.63, 3.8) is 0 Å². The van der Waals surface area contributed by atoms with Gasteiger partial charge in [-0.05, 0) is 31.0 Å². The summed E-state index contributed by atoms with van der Waals surface area (Å²) < 4.78 is 7.03. The van der Waals surface area contributed by atoms with Gasteiger partial charge in [-0.2, -0.15) is 5.10 Å². The van der Waals surface area contributed by atoms with Crippen LogP contribution in [0.2, 0.25) is 0 Å². The van der Waals surface area contributed by atoms with E-state index in [4.69, 9.17) is 4.42 Å². The molecular weight excluding hydrogens is 318 g/mol. The van der Waals surface area contributed by atoms with E-state index < -0.39 is 0 Å². The molecule has 128 valence electrons. The first-order chi connectivity index (χ1) is 12.3. The predicted molar refractivity (Wildman–Crippen MR) is 92.1 cm³/mol. The van der Waals surface area contributed by atoms with E-state index in [-0.39, 0.29) is 11.8 Å². The molecule has 0 unspecified atom stereocenters. The van der Waals surface area contributed by atoms with Crippen molar-refractivity contribution in [3.05, 3.63) is 42.9 Å². The fourth-order valence-corrected chi connectivity index (χ4v) is 3.13. The molecule has 0 saturated heterocycles. The Morgan fingerprint density at radius 1 is 1.20 bits per heavy atom. The lowest BCUT2D eigenvalue weighted by Crippen LogP contribution is -2.25. The van der Waals surface area contributed by atoms with E-state index in [1.54, 1.807) is 41.5 Å². The second-order valence-electron chi connectivity index (χ2n) is 6.19. The number of anilines is 1. The van der Waals surface area contributed by atoms with Crippen LogP contribution in [-0.2, 0) is 4.79 Å². The number of amides is 1. The van der Waals surface area contributed by atoms with Crippen LogP contribution >= 0.6 is 0 Å². The smallest absolute Gasteiger partial charge is 0.228 e. The maximum Gasteiger partial charge on any atom is 0.228 e. The van der Waals surface area contributed by atoms with Crippen molar-refractivity contribution in [1.29, 1.82) is 0 Å². The molecule has 7 nitrogen and oxygen atoms in total. The average molecular weight is 337 g/mol. The number of carbonyl (C=O) groups excluding carboxylic acids is 1. The van der Waals surface area contributed by atoms with Crippen molar-refractivity contribution in [2.24, 2.45) is 5.92 Å². The Labute approximate surface area is 145 Å². The number of hydrogen-bond acceptors (Lipinski definition) is 5. The highest BCUT2D eigenvalue weighted by molar-refractivity contribution is 5.92. The summed E-state index contributed by atoms with van der Waals surface area (Å²) in [5.41, 5.74) is 0. The molecule has 25 heavy (non-hydrogen) atoms. The zero-order valence-electron chi connectivity index (χ0n) is 13.8. The van der Waals surface area contributed by atoms with Crippen molar-refractivity contribution < 1.29 is 9.21 Å². The Bertz CT molecular complexity index is 784. The molecule has 3 heterocycles. The Kier molecular flexibility index (Phi) is 4.28. The van der Waals surface area contributed by atoms with Crippen LogP contribution in [0.3, 0.4) is 0 Å². The minimum absolute atomic E-state index is 0.0233. The molecule has 4 rings (SSSR count). The third-order valence-corrected chi connectivity index (χ3v) is 4.42. The molecule has 0 aromatic carbocycles. The van der Waals surface area contributed by atoms with E-state index in [9.17, 15) is 4.79 Å². The molecule has 1 N–H and O–H groups in total. The van der Waals surface area contributed by atoms with Crippen LogP contribution in [0, 0.1) is 5.92 Å². The summed E-state index contributed by atoms with van der Waals surface area (Å²) in [6, 6.07) is 7.10. The highest BCUT2D eigenvalue weighted by Crippen LogP contribution is 2.26. The summed E-state index contributed by atoms with van der Waals surface area (Å²) in [6.07, 6.45) is 10.3. The van der Waals surface area contributed by atoms with Gasteiger partial charge >= 0.3 is 0 Å². The first-order valence-electron chi connectivity index (χ1n) is 8.53. The van der Waals surface area contributed by atoms with E-state index in [0.29, 0.717) is 23.2 Å². The van der Waals surface area contributed by atoms with Crippen molar-refractivity contribution in [1.82, 2.24) is 19.7 Å². The van der Waals surface area contributed by atoms with Crippen LogP contribution in [0.4, 0.5) is 5.82 Å². The standard InChI is InChI=1S/C18H19N5O2/c24-18(13-6-2-1-3-7-13)21-15-12-16(23-10-5-9-19-23)22-17(20-15)14-8-4-11-25-14/h4-5,8-13H,1-3,6-7H2,(H,20,21,22,24). The largest absolute Gasteiger partial charge is 0.461 e. The number of aromatic nitrogens is 4. The van der Waals surface area contributed by atoms with Gasteiger partial charge in [-0.1, -0.05) is 19.3 Å². The lowest BCUT2D eigenvalue weighted by atomic mass is 9.89. The summed E-state index contributed by atoms with van der Waals surface area (Å²) >= 11 is 0. The summed E-state index contributed by atoms with van der Waals surface area (Å²) in [5, 5.41) is 7.15. The maximum atomic E-state index is 12.5. The first-order valence-corrected chi connectivity index (χ1v) is 8.53. The zero-order chi connectivity index (χ0) is 17.1. The third kappa shape index (κ3) is 3.45. The van der Waals surface area contributed by atoms with Crippen LogP contribution in [0.15, 0.2) is 47.3 Å². The van der Waals surface area contributed by atoms with Gasteiger partial charge < -0.3 is 9.73 Å². The summed E-state index contributed by atoms with van der Waals surface area (Å²) in [6.45, 7) is 0. The van der Waals surface area contributed by atoms with E-state index in [2.05, 4.69) is 20.4 Å². The van der Waals surface area contributed by atoms with E-state index in [1.165, 1.54) is 6.42 Å². The zero-order valence-corrected chi connectivity index (χ0v) is 13.8. The molecule has 7 heteroatoms. The Morgan fingerprint density at radius 2 is 2.08 bits per heavy atom. The molecule has 3 aromatic rings. The van der Waals surface area contributed by atoms with Gasteiger partial charge in [0.2, 0.25) is 5.91 Å². The highest BCUT2D eigenvalue weighted by Gasteiger charge is 2.22. The summed E-state index contributed by atoms with van der Waals surface area (Å²) in [4.78, 5) is 21.5. The number of rotatable bonds is 4. The molecule has 1 saturated carbocycles. The van der Waals surface area contributed by atoms with Crippen molar-refractivity contribution in [2.75, 3.05) is 5.32 Å². The third-order valence-electron chi connectivity index (χ3n) is 4.42. The predicted octanol–water partition coefficient (Wildman–Crippen LogP) is 3.44. The summed E-state index contributed by atoms with van der Waals surface area (Å²) in [5.74, 6) is 2.08. The van der Waals surface area contributed by atoms with Crippen LogP contribution in [0.5, 0.6) is 0 Å². The molecule has 1 amide bonds. The van der Waals surface area contributed by atoms with Gasteiger partial charge in [0.25, 0.3) is 0 Å². The lowest BCUT2D eigenvalue weighted by molar-refractivity contribution is -0.120. The fraction of sp³-hybridized carbons (Fsp3) is 0.333. The van der Waals surface area contributed by atoms with Crippen LogP contribution in [0.1, 0.15) is 32.1 Å². The number of carbonyl (C=O) groups is 1. The Balaban J connectivity index is 1.65. The maximum absolute atomic E-state index is 12.5. The van der Waals surface area contributed by atoms with Gasteiger partial charge in [0, 0.05) is 24.4 Å². The van der Waals surface area contributed by atoms with Crippen LogP contribution in [0.25, 0.3) is 17.4 Å². The Hall–Kier alpha value is -2.96. The average Bonchev–Trinajstić information content (AvgIpc) is 3.36. The second-order valence-corrected chi connectivity index (χ2v) is 6.19. The number of hydrogen-bond donors (Lipinski definition) is 1. The van der Waals surface area contributed by atoms with Crippen molar-refractivity contribution in [2.45, 2.75) is 32.1 Å². The van der Waals surface area contributed by atoms with E-state index in [1.807, 2.05) is 6.07 Å². The quantitative estimate of drug-likeness (QED) is 0.788. The summed E-state index contributed by atoms with van der Waals surface area (Å²) in [7, 11) is 0. The van der Waals surface area contributed by atoms with Gasteiger partial charge in [0.15, 0.2) is 17.4 Å². The number of furan rings is 1. The fourth-order valence-electron chi connectivity index (χ4n) is 3.13. The molecule has 1 aliphatic carbocycles. The second kappa shape index (κ2) is 6.88. The molecule has 3 aromatic heterocycles. The molecule has 0 spiro atoms. The number of nitrogens with one attached hydrogen (secondary N) is 1. The minimum Gasteiger partial charge on any atom is -0.461 e. The molecule has 0 bridgehead atoms. The minimum atomic E-state index is 0.0233. The van der Waals surface area contributed by atoms with Crippen LogP contribution < -0.4 is 5.32 Å². The molecule has 0 aliphatic heterocycles. The molecule has 0 radical (unpaired) electrons. The lowest BCUT2D eigenvalue weighted by Gasteiger charge is -2.20. The monoisotopic (exact) mass is 337 g/mol. The van der Waals surface area contributed by atoms with Crippen molar-refractivity contribution >= 4 is 11.7 Å². The molecule has 1 fully saturated rings. The van der Waals surface area contributed by atoms with Gasteiger partial charge in [0.05, 0.1) is 6.26 Å². The molecular formula is C18H19N5O2. The van der Waals surface area contributed by atoms with Crippen LogP contribution in [-0.4, -0.2) is 25.7 Å². The normalized spacial score (nSPS) is 15.2. The highest BCUT2D eigenvalue weighted by atomic mass is 16.3. The van der Waals surface area contributed by atoms with Crippen molar-refractivity contribution in [3.8, 4) is 17.4 Å². The van der Waals surface area contributed by atoms with Gasteiger partial charge in [0.1, 0.15) is 5.82 Å². The Morgan fingerprint density at radius 3 is 2.80 bits per heavy atom. The van der Waals surface area contributed by atoms with Gasteiger partial charge in [-0.15, -0.1) is 0 Å². The van der Waals surface area contributed by atoms with Gasteiger partial charge in [-0.3, -0.25) is 4.79 Å². The topological polar surface area (TPSA) is 85.8 Å². The van der Waals surface area contributed by atoms with E-state index >= 15 is 0 Å². The molecule has 1 aliphatic rings.